The molecule has 100 valence electrons. The van der Waals surface area contributed by atoms with Crippen molar-refractivity contribution in [2.45, 2.75) is 6.54 Å². The topological polar surface area (TPSA) is 48.0 Å². The van der Waals surface area contributed by atoms with Crippen LogP contribution in [0.4, 0.5) is 5.69 Å². The van der Waals surface area contributed by atoms with Gasteiger partial charge in [0.2, 0.25) is 0 Å². The number of hydrogen-bond donors (Lipinski definition) is 1. The van der Waals surface area contributed by atoms with E-state index in [4.69, 9.17) is 17.3 Å². The quantitative estimate of drug-likeness (QED) is 0.734. The second-order valence-electron chi connectivity index (χ2n) is 4.62. The Bertz CT molecular complexity index is 819. The average molecular weight is 285 g/mol. The van der Waals surface area contributed by atoms with Crippen LogP contribution in [0.1, 0.15) is 5.56 Å². The summed E-state index contributed by atoms with van der Waals surface area (Å²) in [4.78, 5) is 12.1. The number of halogens is 1. The van der Waals surface area contributed by atoms with Gasteiger partial charge in [0.15, 0.2) is 0 Å². The molecule has 20 heavy (non-hydrogen) atoms. The van der Waals surface area contributed by atoms with E-state index in [9.17, 15) is 4.79 Å². The van der Waals surface area contributed by atoms with E-state index < -0.39 is 0 Å². The van der Waals surface area contributed by atoms with Crippen LogP contribution in [0.3, 0.4) is 0 Å². The van der Waals surface area contributed by atoms with Crippen molar-refractivity contribution >= 4 is 28.2 Å². The van der Waals surface area contributed by atoms with E-state index in [0.29, 0.717) is 17.3 Å². The average Bonchev–Trinajstić information content (AvgIpc) is 2.45. The largest absolute Gasteiger partial charge is 0.398 e. The molecule has 2 aromatic carbocycles. The molecule has 0 aliphatic heterocycles. The Kier molecular flexibility index (Phi) is 3.20. The van der Waals surface area contributed by atoms with Gasteiger partial charge in [0.05, 0.1) is 12.1 Å². The number of hydrogen-bond acceptors (Lipinski definition) is 2. The molecule has 2 N–H and O–H groups in total. The second-order valence-corrected chi connectivity index (χ2v) is 5.03. The van der Waals surface area contributed by atoms with E-state index in [1.807, 2.05) is 30.3 Å². The molecule has 1 heterocycles. The third-order valence-corrected chi connectivity index (χ3v) is 3.72. The zero-order valence-electron chi connectivity index (χ0n) is 10.7. The molecule has 3 rings (SSSR count). The summed E-state index contributed by atoms with van der Waals surface area (Å²) in [5.41, 5.74) is 8.14. The van der Waals surface area contributed by atoms with Crippen LogP contribution in [0, 0.1) is 0 Å². The van der Waals surface area contributed by atoms with Crippen LogP contribution in [0.25, 0.3) is 10.9 Å². The number of pyridine rings is 1. The number of nitrogen functional groups attached to an aromatic ring is 1. The van der Waals surface area contributed by atoms with Gasteiger partial charge in [-0.2, -0.15) is 0 Å². The minimum atomic E-state index is -0.0666. The predicted molar refractivity (Wildman–Crippen MR) is 83.2 cm³/mol. The minimum absolute atomic E-state index is 0.0666. The second kappa shape index (κ2) is 5.02. The lowest BCUT2D eigenvalue weighted by molar-refractivity contribution is 0.797. The van der Waals surface area contributed by atoms with E-state index >= 15 is 0 Å². The van der Waals surface area contributed by atoms with Crippen LogP contribution < -0.4 is 11.3 Å². The van der Waals surface area contributed by atoms with E-state index in [1.54, 1.807) is 28.8 Å². The highest BCUT2D eigenvalue weighted by Crippen LogP contribution is 2.23. The summed E-state index contributed by atoms with van der Waals surface area (Å²) in [6, 6.07) is 16.5. The first kappa shape index (κ1) is 12.8. The van der Waals surface area contributed by atoms with Gasteiger partial charge in [-0.25, -0.2) is 0 Å². The van der Waals surface area contributed by atoms with Crippen LogP contribution in [0.5, 0.6) is 0 Å². The summed E-state index contributed by atoms with van der Waals surface area (Å²) in [5.74, 6) is 0. The van der Waals surface area contributed by atoms with E-state index in [-0.39, 0.29) is 5.56 Å². The summed E-state index contributed by atoms with van der Waals surface area (Å²) >= 11 is 6.19. The number of anilines is 1. The predicted octanol–water partition coefficient (Wildman–Crippen LogP) is 3.29. The summed E-state index contributed by atoms with van der Waals surface area (Å²) < 4.78 is 1.69. The molecule has 0 aliphatic rings. The molecule has 0 spiro atoms. The first-order valence-corrected chi connectivity index (χ1v) is 6.66. The molecule has 4 heteroatoms. The van der Waals surface area contributed by atoms with Crippen LogP contribution in [0.2, 0.25) is 5.02 Å². The van der Waals surface area contributed by atoms with Crippen molar-refractivity contribution in [3.05, 3.63) is 75.5 Å². The van der Waals surface area contributed by atoms with Crippen molar-refractivity contribution in [2.75, 3.05) is 5.73 Å². The summed E-state index contributed by atoms with van der Waals surface area (Å²) in [6.45, 7) is 0.367. The van der Waals surface area contributed by atoms with Crippen molar-refractivity contribution in [1.29, 1.82) is 0 Å². The zero-order chi connectivity index (χ0) is 14.1. The van der Waals surface area contributed by atoms with Gasteiger partial charge in [-0.3, -0.25) is 4.79 Å². The molecule has 0 aliphatic carbocycles. The standard InChI is InChI=1S/C16H13ClN2O/c17-13-5-3-6-14(18)12(13)10-19-15-7-2-1-4-11(15)8-9-16(19)20/h1-9H,10,18H2. The molecule has 3 aromatic rings. The number of rotatable bonds is 2. The monoisotopic (exact) mass is 284 g/mol. The fraction of sp³-hybridized carbons (Fsp3) is 0.0625. The number of aromatic nitrogens is 1. The van der Waals surface area contributed by atoms with Gasteiger partial charge in [0, 0.05) is 22.3 Å². The number of nitrogens with two attached hydrogens (primary N) is 1. The van der Waals surface area contributed by atoms with Gasteiger partial charge < -0.3 is 10.3 Å². The normalized spacial score (nSPS) is 10.8. The number of fused-ring (bicyclic) bond motifs is 1. The van der Waals surface area contributed by atoms with E-state index in [1.165, 1.54) is 0 Å². The first-order valence-electron chi connectivity index (χ1n) is 6.28. The lowest BCUT2D eigenvalue weighted by Crippen LogP contribution is -2.20. The Morgan fingerprint density at radius 2 is 1.80 bits per heavy atom. The Morgan fingerprint density at radius 1 is 1.00 bits per heavy atom. The Hall–Kier alpha value is -2.26. The SMILES string of the molecule is Nc1cccc(Cl)c1Cn1c(=O)ccc2ccccc21. The van der Waals surface area contributed by atoms with Crippen molar-refractivity contribution in [3.8, 4) is 0 Å². The highest BCUT2D eigenvalue weighted by atomic mass is 35.5. The minimum Gasteiger partial charge on any atom is -0.398 e. The van der Waals surface area contributed by atoms with Gasteiger partial charge in [0.1, 0.15) is 0 Å². The van der Waals surface area contributed by atoms with Crippen molar-refractivity contribution in [1.82, 2.24) is 4.57 Å². The summed E-state index contributed by atoms with van der Waals surface area (Å²) in [7, 11) is 0. The van der Waals surface area contributed by atoms with Gasteiger partial charge >= 0.3 is 0 Å². The molecule has 0 unspecified atom stereocenters. The van der Waals surface area contributed by atoms with Crippen molar-refractivity contribution in [2.24, 2.45) is 0 Å². The highest BCUT2D eigenvalue weighted by Gasteiger charge is 2.08. The van der Waals surface area contributed by atoms with Crippen LogP contribution in [-0.4, -0.2) is 4.57 Å². The third kappa shape index (κ3) is 2.17. The van der Waals surface area contributed by atoms with Crippen LogP contribution in [-0.2, 0) is 6.54 Å². The molecule has 0 radical (unpaired) electrons. The number of benzene rings is 2. The maximum absolute atomic E-state index is 12.1. The molecular formula is C16H13ClN2O. The van der Waals surface area contributed by atoms with Gasteiger partial charge in [-0.1, -0.05) is 35.9 Å². The molecule has 1 aromatic heterocycles. The molecule has 0 amide bonds. The molecule has 0 saturated carbocycles. The third-order valence-electron chi connectivity index (χ3n) is 3.37. The summed E-state index contributed by atoms with van der Waals surface area (Å²) in [6.07, 6.45) is 0. The lowest BCUT2D eigenvalue weighted by atomic mass is 10.1. The van der Waals surface area contributed by atoms with Gasteiger partial charge in [-0.15, -0.1) is 0 Å². The van der Waals surface area contributed by atoms with Crippen molar-refractivity contribution in [3.63, 3.8) is 0 Å². The van der Waals surface area contributed by atoms with Gasteiger partial charge in [-0.05, 0) is 29.7 Å². The molecule has 0 saturated heterocycles. The zero-order valence-corrected chi connectivity index (χ0v) is 11.5. The fourth-order valence-corrected chi connectivity index (χ4v) is 2.55. The lowest BCUT2D eigenvalue weighted by Gasteiger charge is -2.13. The Morgan fingerprint density at radius 3 is 2.60 bits per heavy atom. The molecule has 0 bridgehead atoms. The van der Waals surface area contributed by atoms with Crippen LogP contribution in [0.15, 0.2) is 59.4 Å². The molecule has 0 fully saturated rings. The Balaban J connectivity index is 2.21. The number of para-hydroxylation sites is 1. The Labute approximate surface area is 121 Å². The molecule has 3 nitrogen and oxygen atoms in total. The maximum atomic E-state index is 12.1. The molecular weight excluding hydrogens is 272 g/mol. The first-order chi connectivity index (χ1) is 9.66. The smallest absolute Gasteiger partial charge is 0.251 e. The van der Waals surface area contributed by atoms with Crippen LogP contribution >= 0.6 is 11.6 Å². The molecule has 0 atom stereocenters. The van der Waals surface area contributed by atoms with E-state index in [2.05, 4.69) is 0 Å². The van der Waals surface area contributed by atoms with Crippen molar-refractivity contribution < 1.29 is 0 Å². The maximum Gasteiger partial charge on any atom is 0.251 e. The fourth-order valence-electron chi connectivity index (χ4n) is 2.31. The number of nitrogens with zero attached hydrogens (tertiary/aromatic N) is 1. The van der Waals surface area contributed by atoms with Gasteiger partial charge in [0.25, 0.3) is 5.56 Å². The van der Waals surface area contributed by atoms with E-state index in [0.717, 1.165) is 16.5 Å². The highest BCUT2D eigenvalue weighted by molar-refractivity contribution is 6.31. The summed E-state index contributed by atoms with van der Waals surface area (Å²) in [5, 5.41) is 1.59.